The van der Waals surface area contributed by atoms with Gasteiger partial charge in [-0.1, -0.05) is 11.6 Å². The summed E-state index contributed by atoms with van der Waals surface area (Å²) in [6.45, 7) is 2.83. The Morgan fingerprint density at radius 1 is 1.27 bits per heavy atom. The van der Waals surface area contributed by atoms with E-state index < -0.39 is 28.7 Å². The van der Waals surface area contributed by atoms with E-state index in [0.29, 0.717) is 25.9 Å². The second kappa shape index (κ2) is 8.26. The summed E-state index contributed by atoms with van der Waals surface area (Å²) in [5, 5.41) is 4.71. The zero-order valence-corrected chi connectivity index (χ0v) is 15.2. The molecule has 1 atom stereocenters. The fourth-order valence-electron chi connectivity index (χ4n) is 2.99. The Kier molecular flexibility index (Phi) is 6.52. The van der Waals surface area contributed by atoms with E-state index in [1.807, 2.05) is 4.90 Å². The standard InChI is InChI=1S/C17H21ClF3N3O2/c1-10(24-7-5-11(6-8-24)16(26)22-2)15(25)23-12-3-4-14(18)13(9-12)17(19,20)21/h3-4,9-11H,5-8H2,1-2H3,(H,22,26)(H,23,25). The van der Waals surface area contributed by atoms with Crippen molar-refractivity contribution in [1.29, 1.82) is 0 Å². The number of carbonyl (C=O) groups is 2. The highest BCUT2D eigenvalue weighted by Gasteiger charge is 2.34. The van der Waals surface area contributed by atoms with Crippen LogP contribution in [0.1, 0.15) is 25.3 Å². The first-order valence-corrected chi connectivity index (χ1v) is 8.64. The number of likely N-dealkylation sites (tertiary alicyclic amines) is 1. The van der Waals surface area contributed by atoms with Gasteiger partial charge in [0.25, 0.3) is 0 Å². The van der Waals surface area contributed by atoms with Crippen LogP contribution >= 0.6 is 11.6 Å². The summed E-state index contributed by atoms with van der Waals surface area (Å²) in [7, 11) is 1.59. The molecule has 144 valence electrons. The van der Waals surface area contributed by atoms with Gasteiger partial charge >= 0.3 is 6.18 Å². The smallest absolute Gasteiger partial charge is 0.359 e. The molecule has 0 bridgehead atoms. The number of amides is 2. The van der Waals surface area contributed by atoms with Crippen LogP contribution in [0.2, 0.25) is 5.02 Å². The summed E-state index contributed by atoms with van der Waals surface area (Å²) in [6.07, 6.45) is -3.32. The van der Waals surface area contributed by atoms with Crippen LogP contribution in [0.25, 0.3) is 0 Å². The highest BCUT2D eigenvalue weighted by Crippen LogP contribution is 2.36. The maximum absolute atomic E-state index is 12.9. The van der Waals surface area contributed by atoms with Crippen molar-refractivity contribution in [3.63, 3.8) is 0 Å². The summed E-state index contributed by atoms with van der Waals surface area (Å²) in [5.74, 6) is -0.487. The number of halogens is 4. The first-order chi connectivity index (χ1) is 12.1. The molecule has 2 N–H and O–H groups in total. The molecule has 0 spiro atoms. The molecule has 26 heavy (non-hydrogen) atoms. The topological polar surface area (TPSA) is 61.4 Å². The molecule has 1 aromatic carbocycles. The van der Waals surface area contributed by atoms with Gasteiger partial charge in [-0.25, -0.2) is 0 Å². The van der Waals surface area contributed by atoms with Crippen LogP contribution in [0.15, 0.2) is 18.2 Å². The third kappa shape index (κ3) is 4.88. The number of piperidine rings is 1. The molecule has 0 saturated carbocycles. The number of nitrogens with one attached hydrogen (secondary N) is 2. The summed E-state index contributed by atoms with van der Waals surface area (Å²) < 4.78 is 38.7. The molecule has 2 rings (SSSR count). The second-order valence-corrected chi connectivity index (χ2v) is 6.69. The first-order valence-electron chi connectivity index (χ1n) is 8.26. The summed E-state index contributed by atoms with van der Waals surface area (Å²) >= 11 is 5.58. The van der Waals surface area contributed by atoms with Gasteiger partial charge in [0.15, 0.2) is 0 Å². The molecular weight excluding hydrogens is 371 g/mol. The highest BCUT2D eigenvalue weighted by atomic mass is 35.5. The van der Waals surface area contributed by atoms with E-state index in [4.69, 9.17) is 11.6 Å². The molecule has 2 amide bonds. The van der Waals surface area contributed by atoms with Gasteiger partial charge in [0, 0.05) is 18.7 Å². The van der Waals surface area contributed by atoms with E-state index in [1.54, 1.807) is 14.0 Å². The van der Waals surface area contributed by atoms with Gasteiger partial charge in [-0.2, -0.15) is 13.2 Å². The number of hydrogen-bond acceptors (Lipinski definition) is 3. The molecule has 5 nitrogen and oxygen atoms in total. The van der Waals surface area contributed by atoms with Crippen molar-refractivity contribution in [1.82, 2.24) is 10.2 Å². The predicted molar refractivity (Wildman–Crippen MR) is 92.9 cm³/mol. The monoisotopic (exact) mass is 391 g/mol. The highest BCUT2D eigenvalue weighted by molar-refractivity contribution is 6.31. The summed E-state index contributed by atoms with van der Waals surface area (Å²) in [5.41, 5.74) is -0.949. The number of rotatable bonds is 4. The van der Waals surface area contributed by atoms with Crippen LogP contribution in [0.5, 0.6) is 0 Å². The number of hydrogen-bond donors (Lipinski definition) is 2. The number of carbonyl (C=O) groups excluding carboxylic acids is 2. The Balaban J connectivity index is 1.99. The molecule has 0 aliphatic carbocycles. The average molecular weight is 392 g/mol. The van der Waals surface area contributed by atoms with Crippen LogP contribution < -0.4 is 10.6 Å². The van der Waals surface area contributed by atoms with E-state index in [2.05, 4.69) is 10.6 Å². The van der Waals surface area contributed by atoms with Crippen molar-refractivity contribution in [2.45, 2.75) is 32.0 Å². The number of alkyl halides is 3. The number of nitrogens with zero attached hydrogens (tertiary/aromatic N) is 1. The fraction of sp³-hybridized carbons (Fsp3) is 0.529. The molecule has 1 saturated heterocycles. The van der Waals surface area contributed by atoms with Gasteiger partial charge in [0.2, 0.25) is 11.8 Å². The Hall–Kier alpha value is -1.80. The Morgan fingerprint density at radius 2 is 1.88 bits per heavy atom. The summed E-state index contributed by atoms with van der Waals surface area (Å²) in [4.78, 5) is 25.9. The van der Waals surface area contributed by atoms with Crippen molar-refractivity contribution in [3.8, 4) is 0 Å². The minimum Gasteiger partial charge on any atom is -0.359 e. The molecule has 1 heterocycles. The first kappa shape index (κ1) is 20.5. The van der Waals surface area contributed by atoms with Gasteiger partial charge in [-0.3, -0.25) is 14.5 Å². The van der Waals surface area contributed by atoms with Crippen LogP contribution in [-0.2, 0) is 15.8 Å². The maximum atomic E-state index is 12.9. The van der Waals surface area contributed by atoms with E-state index in [1.165, 1.54) is 6.07 Å². The molecule has 0 aromatic heterocycles. The number of benzene rings is 1. The van der Waals surface area contributed by atoms with Gasteiger partial charge in [-0.15, -0.1) is 0 Å². The number of anilines is 1. The van der Waals surface area contributed by atoms with Crippen LogP contribution in [0.3, 0.4) is 0 Å². The predicted octanol–water partition coefficient (Wildman–Crippen LogP) is 3.14. The van der Waals surface area contributed by atoms with Crippen molar-refractivity contribution in [3.05, 3.63) is 28.8 Å². The minimum absolute atomic E-state index is 0.0115. The summed E-state index contributed by atoms with van der Waals surface area (Å²) in [6, 6.07) is 2.75. The van der Waals surface area contributed by atoms with Crippen molar-refractivity contribution < 1.29 is 22.8 Å². The molecule has 1 aliphatic rings. The van der Waals surface area contributed by atoms with E-state index in [-0.39, 0.29) is 17.5 Å². The van der Waals surface area contributed by atoms with E-state index in [0.717, 1.165) is 12.1 Å². The van der Waals surface area contributed by atoms with Gasteiger partial charge < -0.3 is 10.6 Å². The molecule has 1 fully saturated rings. The SMILES string of the molecule is CNC(=O)C1CCN(C(C)C(=O)Nc2ccc(Cl)c(C(F)(F)F)c2)CC1. The normalized spacial score (nSPS) is 17.6. The van der Waals surface area contributed by atoms with Gasteiger partial charge in [-0.05, 0) is 51.1 Å². The molecule has 0 radical (unpaired) electrons. The lowest BCUT2D eigenvalue weighted by molar-refractivity contribution is -0.137. The Labute approximate surface area is 154 Å². The zero-order chi connectivity index (χ0) is 19.5. The largest absolute Gasteiger partial charge is 0.417 e. The van der Waals surface area contributed by atoms with Crippen molar-refractivity contribution in [2.75, 3.05) is 25.5 Å². The molecule has 1 aromatic rings. The molecular formula is C17H21ClF3N3O2. The Morgan fingerprint density at radius 3 is 2.42 bits per heavy atom. The maximum Gasteiger partial charge on any atom is 0.417 e. The molecule has 1 aliphatic heterocycles. The van der Waals surface area contributed by atoms with E-state index >= 15 is 0 Å². The fourth-order valence-corrected chi connectivity index (χ4v) is 3.21. The lowest BCUT2D eigenvalue weighted by Crippen LogP contribution is -2.47. The van der Waals surface area contributed by atoms with Crippen molar-refractivity contribution >= 4 is 29.1 Å². The zero-order valence-electron chi connectivity index (χ0n) is 14.5. The van der Waals surface area contributed by atoms with Crippen LogP contribution in [0.4, 0.5) is 18.9 Å². The molecule has 9 heteroatoms. The van der Waals surface area contributed by atoms with Gasteiger partial charge in [0.1, 0.15) is 0 Å². The van der Waals surface area contributed by atoms with Gasteiger partial charge in [0.05, 0.1) is 16.6 Å². The Bertz CT molecular complexity index is 674. The minimum atomic E-state index is -4.59. The van der Waals surface area contributed by atoms with Crippen LogP contribution in [-0.4, -0.2) is 42.9 Å². The van der Waals surface area contributed by atoms with E-state index in [9.17, 15) is 22.8 Å². The molecule has 1 unspecified atom stereocenters. The lowest BCUT2D eigenvalue weighted by atomic mass is 9.95. The lowest BCUT2D eigenvalue weighted by Gasteiger charge is -2.34. The quantitative estimate of drug-likeness (QED) is 0.829. The third-order valence-corrected chi connectivity index (χ3v) is 4.94. The second-order valence-electron chi connectivity index (χ2n) is 6.28. The average Bonchev–Trinajstić information content (AvgIpc) is 2.61. The van der Waals surface area contributed by atoms with Crippen LogP contribution in [0, 0.1) is 5.92 Å². The third-order valence-electron chi connectivity index (χ3n) is 4.61. The van der Waals surface area contributed by atoms with Crippen molar-refractivity contribution in [2.24, 2.45) is 5.92 Å².